The SMILES string of the molecule is CCN[C@H](C)CNC(=O)C1CC(=O)N(c2cccc(Br)c2)C1.Cl. The van der Waals surface area contributed by atoms with Crippen molar-refractivity contribution in [1.82, 2.24) is 10.6 Å². The van der Waals surface area contributed by atoms with E-state index in [9.17, 15) is 9.59 Å². The van der Waals surface area contributed by atoms with Crippen LogP contribution in [0.1, 0.15) is 20.3 Å². The number of likely N-dealkylation sites (N-methyl/N-ethyl adjacent to an activating group) is 1. The van der Waals surface area contributed by atoms with E-state index >= 15 is 0 Å². The van der Waals surface area contributed by atoms with Crippen LogP contribution >= 0.6 is 28.3 Å². The monoisotopic (exact) mass is 403 g/mol. The third-order valence-electron chi connectivity index (χ3n) is 3.75. The molecule has 1 unspecified atom stereocenters. The molecule has 7 heteroatoms. The number of amides is 2. The van der Waals surface area contributed by atoms with Gasteiger partial charge in [0.2, 0.25) is 11.8 Å². The molecule has 2 rings (SSSR count). The number of hydrogen-bond donors (Lipinski definition) is 2. The van der Waals surface area contributed by atoms with Crippen molar-refractivity contribution in [2.45, 2.75) is 26.3 Å². The summed E-state index contributed by atoms with van der Waals surface area (Å²) in [6.07, 6.45) is 0.272. The van der Waals surface area contributed by atoms with E-state index in [0.29, 0.717) is 13.1 Å². The zero-order chi connectivity index (χ0) is 16.1. The topological polar surface area (TPSA) is 61.4 Å². The average Bonchev–Trinajstić information content (AvgIpc) is 2.87. The van der Waals surface area contributed by atoms with Crippen molar-refractivity contribution in [3.63, 3.8) is 0 Å². The Morgan fingerprint density at radius 1 is 1.48 bits per heavy atom. The molecule has 23 heavy (non-hydrogen) atoms. The first kappa shape index (κ1) is 19.9. The lowest BCUT2D eigenvalue weighted by atomic mass is 10.1. The summed E-state index contributed by atoms with van der Waals surface area (Å²) in [7, 11) is 0. The molecule has 0 aliphatic carbocycles. The molecular formula is C16H23BrClN3O2. The highest BCUT2D eigenvalue weighted by molar-refractivity contribution is 9.10. The minimum atomic E-state index is -0.277. The Morgan fingerprint density at radius 2 is 2.22 bits per heavy atom. The summed E-state index contributed by atoms with van der Waals surface area (Å²) in [4.78, 5) is 26.1. The number of carbonyl (C=O) groups excluding carboxylic acids is 2. The fourth-order valence-electron chi connectivity index (χ4n) is 2.60. The van der Waals surface area contributed by atoms with Crippen LogP contribution in [0.4, 0.5) is 5.69 Å². The van der Waals surface area contributed by atoms with E-state index in [1.54, 1.807) is 4.90 Å². The maximum atomic E-state index is 12.2. The first-order valence-corrected chi connectivity index (χ1v) is 8.37. The van der Waals surface area contributed by atoms with Gasteiger partial charge in [-0.1, -0.05) is 28.9 Å². The number of hydrogen-bond acceptors (Lipinski definition) is 3. The van der Waals surface area contributed by atoms with Crippen LogP contribution in [0.25, 0.3) is 0 Å². The van der Waals surface area contributed by atoms with Crippen molar-refractivity contribution in [3.05, 3.63) is 28.7 Å². The fourth-order valence-corrected chi connectivity index (χ4v) is 2.98. The smallest absolute Gasteiger partial charge is 0.227 e. The molecular weight excluding hydrogens is 382 g/mol. The number of rotatable bonds is 6. The van der Waals surface area contributed by atoms with Gasteiger partial charge in [0.1, 0.15) is 0 Å². The van der Waals surface area contributed by atoms with Crippen molar-refractivity contribution in [1.29, 1.82) is 0 Å². The van der Waals surface area contributed by atoms with E-state index in [1.165, 1.54) is 0 Å². The van der Waals surface area contributed by atoms with Gasteiger partial charge in [-0.05, 0) is 31.7 Å². The van der Waals surface area contributed by atoms with Gasteiger partial charge < -0.3 is 15.5 Å². The largest absolute Gasteiger partial charge is 0.354 e. The highest BCUT2D eigenvalue weighted by atomic mass is 79.9. The molecule has 5 nitrogen and oxygen atoms in total. The number of nitrogens with zero attached hydrogens (tertiary/aromatic N) is 1. The molecule has 0 bridgehead atoms. The molecule has 0 radical (unpaired) electrons. The zero-order valence-corrected chi connectivity index (χ0v) is 15.7. The van der Waals surface area contributed by atoms with Crippen LogP contribution in [0.15, 0.2) is 28.7 Å². The lowest BCUT2D eigenvalue weighted by Crippen LogP contribution is -2.41. The van der Waals surface area contributed by atoms with Crippen molar-refractivity contribution in [3.8, 4) is 0 Å². The molecule has 2 amide bonds. The summed E-state index contributed by atoms with van der Waals surface area (Å²) in [6.45, 7) is 5.95. The van der Waals surface area contributed by atoms with E-state index in [2.05, 4.69) is 26.6 Å². The number of halogens is 2. The van der Waals surface area contributed by atoms with Crippen LogP contribution in [-0.2, 0) is 9.59 Å². The summed E-state index contributed by atoms with van der Waals surface area (Å²) in [5.74, 6) is -0.325. The Kier molecular flexibility index (Phi) is 8.02. The number of carbonyl (C=O) groups is 2. The van der Waals surface area contributed by atoms with Crippen LogP contribution < -0.4 is 15.5 Å². The molecule has 128 valence electrons. The highest BCUT2D eigenvalue weighted by Gasteiger charge is 2.35. The van der Waals surface area contributed by atoms with Crippen LogP contribution in [-0.4, -0.2) is 37.5 Å². The van der Waals surface area contributed by atoms with E-state index < -0.39 is 0 Å². The van der Waals surface area contributed by atoms with Crippen molar-refractivity contribution in [2.24, 2.45) is 5.92 Å². The van der Waals surface area contributed by atoms with Crippen molar-refractivity contribution >= 4 is 45.8 Å². The van der Waals surface area contributed by atoms with E-state index in [1.807, 2.05) is 38.1 Å². The highest BCUT2D eigenvalue weighted by Crippen LogP contribution is 2.27. The molecule has 0 saturated carbocycles. The quantitative estimate of drug-likeness (QED) is 0.765. The van der Waals surface area contributed by atoms with Crippen LogP contribution in [0, 0.1) is 5.92 Å². The number of nitrogens with one attached hydrogen (secondary N) is 2. The van der Waals surface area contributed by atoms with Gasteiger partial charge in [0.05, 0.1) is 5.92 Å². The van der Waals surface area contributed by atoms with Gasteiger partial charge in [-0.2, -0.15) is 0 Å². The van der Waals surface area contributed by atoms with Crippen LogP contribution in [0.5, 0.6) is 0 Å². The Balaban J connectivity index is 0.00000264. The molecule has 0 aromatic heterocycles. The average molecular weight is 405 g/mol. The first-order chi connectivity index (χ1) is 10.5. The summed E-state index contributed by atoms with van der Waals surface area (Å²) in [5.41, 5.74) is 0.829. The van der Waals surface area contributed by atoms with Gasteiger partial charge in [0, 0.05) is 35.7 Å². The predicted octanol–water partition coefficient (Wildman–Crippen LogP) is 2.34. The first-order valence-electron chi connectivity index (χ1n) is 7.58. The zero-order valence-electron chi connectivity index (χ0n) is 13.3. The number of benzene rings is 1. The van der Waals surface area contributed by atoms with Crippen LogP contribution in [0.2, 0.25) is 0 Å². The van der Waals surface area contributed by atoms with E-state index in [4.69, 9.17) is 0 Å². The van der Waals surface area contributed by atoms with Gasteiger partial charge in [-0.25, -0.2) is 0 Å². The Bertz CT molecular complexity index is 556. The lowest BCUT2D eigenvalue weighted by Gasteiger charge is -2.18. The third-order valence-corrected chi connectivity index (χ3v) is 4.24. The number of anilines is 1. The van der Waals surface area contributed by atoms with Gasteiger partial charge in [-0.3, -0.25) is 9.59 Å². The minimum absolute atomic E-state index is 0. The van der Waals surface area contributed by atoms with Crippen molar-refractivity contribution in [2.75, 3.05) is 24.5 Å². The van der Waals surface area contributed by atoms with Crippen LogP contribution in [0.3, 0.4) is 0 Å². The molecule has 1 fully saturated rings. The maximum absolute atomic E-state index is 12.2. The lowest BCUT2D eigenvalue weighted by molar-refractivity contribution is -0.126. The Hall–Kier alpha value is -1.11. The summed E-state index contributed by atoms with van der Waals surface area (Å²) < 4.78 is 0.921. The Morgan fingerprint density at radius 3 is 2.87 bits per heavy atom. The molecule has 1 saturated heterocycles. The molecule has 1 aliphatic heterocycles. The van der Waals surface area contributed by atoms with Gasteiger partial charge in [-0.15, -0.1) is 12.4 Å². The summed E-state index contributed by atoms with van der Waals surface area (Å²) >= 11 is 3.40. The Labute approximate surface area is 151 Å². The third kappa shape index (κ3) is 5.48. The van der Waals surface area contributed by atoms with E-state index in [0.717, 1.165) is 16.7 Å². The molecule has 1 heterocycles. The molecule has 2 N–H and O–H groups in total. The van der Waals surface area contributed by atoms with Gasteiger partial charge in [0.25, 0.3) is 0 Å². The second-order valence-electron chi connectivity index (χ2n) is 5.59. The van der Waals surface area contributed by atoms with Gasteiger partial charge >= 0.3 is 0 Å². The molecule has 1 aliphatic rings. The maximum Gasteiger partial charge on any atom is 0.227 e. The summed E-state index contributed by atoms with van der Waals surface area (Å²) in [5, 5.41) is 6.17. The minimum Gasteiger partial charge on any atom is -0.354 e. The molecule has 1 aromatic carbocycles. The molecule has 2 atom stereocenters. The van der Waals surface area contributed by atoms with Gasteiger partial charge in [0.15, 0.2) is 0 Å². The predicted molar refractivity (Wildman–Crippen MR) is 98.0 cm³/mol. The molecule has 1 aromatic rings. The second-order valence-corrected chi connectivity index (χ2v) is 6.50. The second kappa shape index (κ2) is 9.25. The van der Waals surface area contributed by atoms with Crippen molar-refractivity contribution < 1.29 is 9.59 Å². The fraction of sp³-hybridized carbons (Fsp3) is 0.500. The normalized spacial score (nSPS) is 18.5. The van der Waals surface area contributed by atoms with E-state index in [-0.39, 0.29) is 42.6 Å². The standard InChI is InChI=1S/C16H22BrN3O2.ClH/c1-3-18-11(2)9-19-16(22)12-7-15(21)20(10-12)14-6-4-5-13(17)8-14;/h4-6,8,11-12,18H,3,7,9-10H2,1-2H3,(H,19,22);1H/t11-,12?;/m1./s1. The summed E-state index contributed by atoms with van der Waals surface area (Å²) in [6, 6.07) is 7.81. The molecule has 0 spiro atoms.